The number of aliphatic hydroxyl groups excluding tert-OH is 1. The summed E-state index contributed by atoms with van der Waals surface area (Å²) in [6.07, 6.45) is -2.81. The van der Waals surface area contributed by atoms with E-state index in [0.717, 1.165) is 5.56 Å². The zero-order valence-electron chi connectivity index (χ0n) is 21.1. The number of carbonyl (C=O) groups is 2. The summed E-state index contributed by atoms with van der Waals surface area (Å²) < 4.78 is 18.6. The molecule has 4 rings (SSSR count). The first-order valence-electron chi connectivity index (χ1n) is 12.2. The number of carbonyl (C=O) groups excluding carboxylic acids is 2. The molecule has 2 aromatic heterocycles. The summed E-state index contributed by atoms with van der Waals surface area (Å²) in [4.78, 5) is 29.2. The highest BCUT2D eigenvalue weighted by atomic mass is 16.6. The minimum absolute atomic E-state index is 0.00171. The summed E-state index contributed by atoms with van der Waals surface area (Å²) in [7, 11) is 0. The number of rotatable bonds is 8. The summed E-state index contributed by atoms with van der Waals surface area (Å²) in [6, 6.07) is 13.4. The Labute approximate surface area is 219 Å². The van der Waals surface area contributed by atoms with Gasteiger partial charge in [0.2, 0.25) is 0 Å². The van der Waals surface area contributed by atoms with Crippen LogP contribution in [0.15, 0.2) is 48.8 Å². The Morgan fingerprint density at radius 1 is 1.29 bits per heavy atom. The van der Waals surface area contributed by atoms with Crippen molar-refractivity contribution in [1.82, 2.24) is 14.6 Å². The van der Waals surface area contributed by atoms with E-state index in [1.165, 1.54) is 10.8 Å². The van der Waals surface area contributed by atoms with Crippen molar-refractivity contribution in [2.75, 3.05) is 12.3 Å². The van der Waals surface area contributed by atoms with Gasteiger partial charge < -0.3 is 30.8 Å². The van der Waals surface area contributed by atoms with E-state index >= 15 is 0 Å². The molecular weight excluding hydrogens is 492 g/mol. The minimum atomic E-state index is -1.73. The lowest BCUT2D eigenvalue weighted by atomic mass is 9.86. The number of hydrogen-bond donors (Lipinski definition) is 3. The molecule has 200 valence electrons. The van der Waals surface area contributed by atoms with Crippen molar-refractivity contribution in [3.63, 3.8) is 0 Å². The molecule has 1 fully saturated rings. The molecule has 1 saturated heterocycles. The summed E-state index contributed by atoms with van der Waals surface area (Å²) >= 11 is 0. The maximum Gasteiger partial charge on any atom is 0.323 e. The maximum absolute atomic E-state index is 12.7. The molecule has 12 nitrogen and oxygen atoms in total. The third-order valence-corrected chi connectivity index (χ3v) is 6.51. The third kappa shape index (κ3) is 5.45. The monoisotopic (exact) mass is 522 g/mol. The number of nitrogen functional groups attached to an aromatic ring is 1. The van der Waals surface area contributed by atoms with E-state index in [9.17, 15) is 20.0 Å². The molecule has 12 heteroatoms. The first-order valence-corrected chi connectivity index (χ1v) is 12.2. The Balaban J connectivity index is 1.62. The molecule has 0 spiro atoms. The zero-order valence-corrected chi connectivity index (χ0v) is 21.1. The lowest BCUT2D eigenvalue weighted by Gasteiger charge is -2.43. The smallest absolute Gasteiger partial charge is 0.323 e. The van der Waals surface area contributed by atoms with Crippen molar-refractivity contribution >= 4 is 23.3 Å². The summed E-state index contributed by atoms with van der Waals surface area (Å²) in [5.41, 5.74) is 11.6. The van der Waals surface area contributed by atoms with E-state index < -0.39 is 41.9 Å². The molecule has 3 aromatic rings. The van der Waals surface area contributed by atoms with Crippen LogP contribution in [-0.4, -0.2) is 62.6 Å². The van der Waals surface area contributed by atoms with Gasteiger partial charge in [0.25, 0.3) is 0 Å². The number of nitriles is 1. The molecule has 0 amide bonds. The van der Waals surface area contributed by atoms with Crippen LogP contribution in [0.3, 0.4) is 0 Å². The summed E-state index contributed by atoms with van der Waals surface area (Å²) in [5, 5.41) is 25.6. The molecule has 0 aliphatic carbocycles. The lowest BCUT2D eigenvalue weighted by molar-refractivity contribution is -0.228. The Hall–Kier alpha value is -4.05. The third-order valence-electron chi connectivity index (χ3n) is 6.51. The van der Waals surface area contributed by atoms with Crippen LogP contribution < -0.4 is 11.5 Å². The lowest BCUT2D eigenvalue weighted by Crippen LogP contribution is -2.57. The summed E-state index contributed by atoms with van der Waals surface area (Å²) in [6.45, 7) is 3.13. The number of ether oxygens (including phenoxy) is 3. The number of benzene rings is 1. The van der Waals surface area contributed by atoms with Crippen molar-refractivity contribution in [2.45, 2.75) is 56.6 Å². The van der Waals surface area contributed by atoms with Crippen LogP contribution in [0.5, 0.6) is 0 Å². The van der Waals surface area contributed by atoms with Gasteiger partial charge in [-0.1, -0.05) is 44.2 Å². The van der Waals surface area contributed by atoms with Crippen molar-refractivity contribution in [3.05, 3.63) is 60.0 Å². The largest absolute Gasteiger partial charge is 0.463 e. The van der Waals surface area contributed by atoms with Gasteiger partial charge in [-0.25, -0.2) is 9.50 Å². The second-order valence-electron chi connectivity index (χ2n) is 9.54. The highest BCUT2D eigenvalue weighted by molar-refractivity contribution is 5.76. The molecule has 3 heterocycles. The SMILES string of the molecule is CC(C)[C@H](N)C(=O)O[C@H]1[C@@H](O)C[C@](C#N)(c2ccc3c(N)ncnn23)O[C@@H]1COC(=O)Cc1ccccc1. The van der Waals surface area contributed by atoms with E-state index in [-0.39, 0.29) is 36.9 Å². The summed E-state index contributed by atoms with van der Waals surface area (Å²) in [5.74, 6) is -1.33. The van der Waals surface area contributed by atoms with Crippen molar-refractivity contribution in [3.8, 4) is 6.07 Å². The van der Waals surface area contributed by atoms with E-state index in [1.807, 2.05) is 6.07 Å². The highest BCUT2D eigenvalue weighted by Crippen LogP contribution is 2.39. The molecule has 0 unspecified atom stereocenters. The van der Waals surface area contributed by atoms with Gasteiger partial charge in [0.1, 0.15) is 36.7 Å². The highest BCUT2D eigenvalue weighted by Gasteiger charge is 2.52. The number of nitrogens with two attached hydrogens (primary N) is 2. The Morgan fingerprint density at radius 3 is 2.71 bits per heavy atom. The molecule has 0 saturated carbocycles. The molecule has 38 heavy (non-hydrogen) atoms. The van der Waals surface area contributed by atoms with Gasteiger partial charge in [-0.3, -0.25) is 9.59 Å². The topological polar surface area (TPSA) is 188 Å². The maximum atomic E-state index is 12.7. The van der Waals surface area contributed by atoms with Crippen LogP contribution in [0.4, 0.5) is 5.82 Å². The van der Waals surface area contributed by atoms with Gasteiger partial charge in [-0.2, -0.15) is 10.4 Å². The number of hydrogen-bond acceptors (Lipinski definition) is 11. The van der Waals surface area contributed by atoms with E-state index in [1.54, 1.807) is 50.2 Å². The molecule has 1 aromatic carbocycles. The first kappa shape index (κ1) is 27.0. The first-order chi connectivity index (χ1) is 18.1. The Morgan fingerprint density at radius 2 is 2.03 bits per heavy atom. The minimum Gasteiger partial charge on any atom is -0.463 e. The quantitative estimate of drug-likeness (QED) is 0.356. The molecule has 1 aliphatic heterocycles. The van der Waals surface area contributed by atoms with Crippen LogP contribution in [0.25, 0.3) is 5.52 Å². The molecule has 5 atom stereocenters. The van der Waals surface area contributed by atoms with Gasteiger partial charge in [0.15, 0.2) is 17.5 Å². The Bertz CT molecular complexity index is 1340. The fourth-order valence-corrected chi connectivity index (χ4v) is 4.34. The molecule has 0 radical (unpaired) electrons. The van der Waals surface area contributed by atoms with Crippen molar-refractivity contribution in [2.24, 2.45) is 11.7 Å². The fourth-order valence-electron chi connectivity index (χ4n) is 4.34. The average Bonchev–Trinajstić information content (AvgIpc) is 3.35. The van der Waals surface area contributed by atoms with Crippen LogP contribution >= 0.6 is 0 Å². The molecule has 5 N–H and O–H groups in total. The van der Waals surface area contributed by atoms with Gasteiger partial charge in [-0.15, -0.1) is 0 Å². The standard InChI is InChI=1S/C26H30N6O6/c1-15(2)22(28)25(35)37-23-18(33)11-26(13-27,20-9-8-17-24(29)30-14-31-32(17)20)38-19(23)12-36-21(34)10-16-6-4-3-5-7-16/h3-9,14-15,18-19,22-23,33H,10-12,28H2,1-2H3,(H2,29,30,31)/t18-,19+,22-,23-,26-/m0/s1. The zero-order chi connectivity index (χ0) is 27.4. The molecule has 0 bridgehead atoms. The number of fused-ring (bicyclic) bond motifs is 1. The van der Waals surface area contributed by atoms with Crippen molar-refractivity contribution < 1.29 is 28.9 Å². The number of esters is 2. The van der Waals surface area contributed by atoms with Crippen LogP contribution in [0.2, 0.25) is 0 Å². The average molecular weight is 523 g/mol. The second kappa shape index (κ2) is 11.1. The van der Waals surface area contributed by atoms with Gasteiger partial charge in [0, 0.05) is 6.42 Å². The van der Waals surface area contributed by atoms with E-state index in [2.05, 4.69) is 16.2 Å². The van der Waals surface area contributed by atoms with Crippen LogP contribution in [0, 0.1) is 17.2 Å². The van der Waals surface area contributed by atoms with E-state index in [4.69, 9.17) is 25.7 Å². The van der Waals surface area contributed by atoms with Gasteiger partial charge in [0.05, 0.1) is 18.2 Å². The number of anilines is 1. The normalized spacial score (nSPS) is 24.1. The van der Waals surface area contributed by atoms with Crippen LogP contribution in [0.1, 0.15) is 31.5 Å². The Kier molecular flexibility index (Phi) is 7.91. The number of aliphatic hydroxyl groups is 1. The van der Waals surface area contributed by atoms with Crippen molar-refractivity contribution in [1.29, 1.82) is 5.26 Å². The van der Waals surface area contributed by atoms with Gasteiger partial charge >= 0.3 is 11.9 Å². The predicted molar refractivity (Wildman–Crippen MR) is 134 cm³/mol. The predicted octanol–water partition coefficient (Wildman–Crippen LogP) is 0.861. The van der Waals surface area contributed by atoms with Crippen LogP contribution in [-0.2, 0) is 35.8 Å². The fraction of sp³-hybridized carbons (Fsp3) is 0.423. The van der Waals surface area contributed by atoms with E-state index in [0.29, 0.717) is 5.52 Å². The molecule has 1 aliphatic rings. The van der Waals surface area contributed by atoms with Gasteiger partial charge in [-0.05, 0) is 23.6 Å². The second-order valence-corrected chi connectivity index (χ2v) is 9.54. The molecular formula is C26H30N6O6. The number of nitrogens with zero attached hydrogens (tertiary/aromatic N) is 4. The number of aromatic nitrogens is 3.